The van der Waals surface area contributed by atoms with E-state index in [0.717, 1.165) is 17.0 Å². The number of rotatable bonds is 5. The Labute approximate surface area is 172 Å². The summed E-state index contributed by atoms with van der Waals surface area (Å²) in [5.41, 5.74) is 3.68. The predicted molar refractivity (Wildman–Crippen MR) is 113 cm³/mol. The molecule has 7 heteroatoms. The molecule has 0 saturated heterocycles. The van der Waals surface area contributed by atoms with E-state index in [1.165, 1.54) is 11.3 Å². The van der Waals surface area contributed by atoms with Crippen LogP contribution in [0.2, 0.25) is 10.0 Å². The fourth-order valence-corrected chi connectivity index (χ4v) is 3.75. The van der Waals surface area contributed by atoms with Crippen molar-refractivity contribution in [3.8, 4) is 11.3 Å². The van der Waals surface area contributed by atoms with Crippen LogP contribution in [0.4, 0.5) is 5.13 Å². The number of hydrogen-bond acceptors (Lipinski definition) is 4. The van der Waals surface area contributed by atoms with Gasteiger partial charge in [0, 0.05) is 23.2 Å². The standard InChI is InChI=1S/C20H17Cl2N3OS/c1-4-9-25(19(26)15-7-5-12(2)23-13(15)3)20-24-18(11-27-20)14-6-8-16(21)17(22)10-14/h4-8,10-11H,1,9H2,2-3H3. The van der Waals surface area contributed by atoms with E-state index >= 15 is 0 Å². The highest BCUT2D eigenvalue weighted by molar-refractivity contribution is 7.14. The van der Waals surface area contributed by atoms with E-state index in [1.807, 2.05) is 31.4 Å². The average Bonchev–Trinajstić information content (AvgIpc) is 3.11. The molecule has 0 aliphatic rings. The van der Waals surface area contributed by atoms with Crippen LogP contribution in [0.1, 0.15) is 21.7 Å². The Morgan fingerprint density at radius 2 is 1.96 bits per heavy atom. The lowest BCUT2D eigenvalue weighted by atomic mass is 10.1. The monoisotopic (exact) mass is 417 g/mol. The Hall–Kier alpha value is -2.21. The lowest BCUT2D eigenvalue weighted by Crippen LogP contribution is -2.31. The Balaban J connectivity index is 1.96. The van der Waals surface area contributed by atoms with Crippen molar-refractivity contribution < 1.29 is 4.79 Å². The zero-order valence-corrected chi connectivity index (χ0v) is 17.2. The normalized spacial score (nSPS) is 10.7. The number of carbonyl (C=O) groups excluding carboxylic acids is 1. The van der Waals surface area contributed by atoms with Gasteiger partial charge in [-0.1, -0.05) is 35.3 Å². The van der Waals surface area contributed by atoms with Crippen molar-refractivity contribution in [2.45, 2.75) is 13.8 Å². The van der Waals surface area contributed by atoms with Gasteiger partial charge in [0.1, 0.15) is 0 Å². The SMILES string of the molecule is C=CCN(C(=O)c1ccc(C)nc1C)c1nc(-c2ccc(Cl)c(Cl)c2)cs1. The van der Waals surface area contributed by atoms with E-state index in [9.17, 15) is 4.79 Å². The molecular formula is C20H17Cl2N3OS. The van der Waals surface area contributed by atoms with E-state index in [2.05, 4.69) is 16.5 Å². The average molecular weight is 418 g/mol. The zero-order chi connectivity index (χ0) is 19.6. The van der Waals surface area contributed by atoms with E-state index in [-0.39, 0.29) is 5.91 Å². The first-order valence-corrected chi connectivity index (χ1v) is 9.82. The van der Waals surface area contributed by atoms with Crippen LogP contribution in [0, 0.1) is 13.8 Å². The van der Waals surface area contributed by atoms with E-state index in [1.54, 1.807) is 29.2 Å². The number of halogens is 2. The van der Waals surface area contributed by atoms with Gasteiger partial charge in [-0.15, -0.1) is 17.9 Å². The minimum atomic E-state index is -0.157. The fraction of sp³-hybridized carbons (Fsp3) is 0.150. The molecule has 0 atom stereocenters. The topological polar surface area (TPSA) is 46.1 Å². The smallest absolute Gasteiger partial charge is 0.262 e. The first kappa shape index (κ1) is 19.5. The summed E-state index contributed by atoms with van der Waals surface area (Å²) >= 11 is 13.5. The highest BCUT2D eigenvalue weighted by atomic mass is 35.5. The first-order valence-electron chi connectivity index (χ1n) is 8.18. The molecule has 3 aromatic rings. The molecule has 0 radical (unpaired) electrons. The van der Waals surface area contributed by atoms with Gasteiger partial charge in [0.05, 0.1) is 27.0 Å². The van der Waals surface area contributed by atoms with Crippen LogP contribution in [0.3, 0.4) is 0 Å². The fourth-order valence-electron chi connectivity index (χ4n) is 2.61. The molecule has 0 aliphatic heterocycles. The molecule has 2 aromatic heterocycles. The largest absolute Gasteiger partial charge is 0.280 e. The highest BCUT2D eigenvalue weighted by Gasteiger charge is 2.22. The Morgan fingerprint density at radius 3 is 2.63 bits per heavy atom. The van der Waals surface area contributed by atoms with Crippen molar-refractivity contribution in [1.29, 1.82) is 0 Å². The summed E-state index contributed by atoms with van der Waals surface area (Å²) in [6.45, 7) is 7.83. The molecule has 0 fully saturated rings. The molecule has 27 heavy (non-hydrogen) atoms. The Morgan fingerprint density at radius 1 is 1.19 bits per heavy atom. The van der Waals surface area contributed by atoms with Gasteiger partial charge in [-0.05, 0) is 38.1 Å². The molecule has 0 bridgehead atoms. The summed E-state index contributed by atoms with van der Waals surface area (Å²) in [5.74, 6) is -0.157. The second-order valence-corrected chi connectivity index (χ2v) is 7.59. The maximum Gasteiger partial charge on any atom is 0.262 e. The van der Waals surface area contributed by atoms with Gasteiger partial charge >= 0.3 is 0 Å². The van der Waals surface area contributed by atoms with Crippen molar-refractivity contribution >= 4 is 45.6 Å². The molecular weight excluding hydrogens is 401 g/mol. The number of benzene rings is 1. The van der Waals surface area contributed by atoms with Crippen LogP contribution in [-0.2, 0) is 0 Å². The number of thiazole rings is 1. The number of hydrogen-bond donors (Lipinski definition) is 0. The predicted octanol–water partition coefficient (Wildman–Crippen LogP) is 5.96. The van der Waals surface area contributed by atoms with E-state index in [4.69, 9.17) is 23.2 Å². The van der Waals surface area contributed by atoms with Crippen LogP contribution in [0.25, 0.3) is 11.3 Å². The maximum absolute atomic E-state index is 13.1. The lowest BCUT2D eigenvalue weighted by Gasteiger charge is -2.19. The summed E-state index contributed by atoms with van der Waals surface area (Å²) in [4.78, 5) is 23.7. The minimum absolute atomic E-state index is 0.157. The van der Waals surface area contributed by atoms with Crippen LogP contribution in [0.5, 0.6) is 0 Å². The quantitative estimate of drug-likeness (QED) is 0.480. The number of amides is 1. The van der Waals surface area contributed by atoms with Gasteiger partial charge < -0.3 is 0 Å². The van der Waals surface area contributed by atoms with Gasteiger partial charge in [-0.2, -0.15) is 0 Å². The molecule has 0 aliphatic carbocycles. The second kappa shape index (κ2) is 8.21. The second-order valence-electron chi connectivity index (χ2n) is 5.93. The van der Waals surface area contributed by atoms with Crippen molar-refractivity contribution in [2.75, 3.05) is 11.4 Å². The highest BCUT2D eigenvalue weighted by Crippen LogP contribution is 2.32. The van der Waals surface area contributed by atoms with Crippen molar-refractivity contribution in [2.24, 2.45) is 0 Å². The molecule has 138 valence electrons. The van der Waals surface area contributed by atoms with Crippen molar-refractivity contribution in [1.82, 2.24) is 9.97 Å². The summed E-state index contributed by atoms with van der Waals surface area (Å²) in [7, 11) is 0. The molecule has 0 unspecified atom stereocenters. The number of pyridine rings is 1. The third-order valence-corrected chi connectivity index (χ3v) is 5.55. The molecule has 4 nitrogen and oxygen atoms in total. The summed E-state index contributed by atoms with van der Waals surface area (Å²) in [6.07, 6.45) is 1.68. The number of anilines is 1. The van der Waals surface area contributed by atoms with Gasteiger partial charge in [0.2, 0.25) is 0 Å². The number of aromatic nitrogens is 2. The summed E-state index contributed by atoms with van der Waals surface area (Å²) in [5, 5.41) is 3.42. The van der Waals surface area contributed by atoms with Crippen molar-refractivity contribution in [3.63, 3.8) is 0 Å². The summed E-state index contributed by atoms with van der Waals surface area (Å²) < 4.78 is 0. The number of nitrogens with zero attached hydrogens (tertiary/aromatic N) is 3. The van der Waals surface area contributed by atoms with E-state index < -0.39 is 0 Å². The van der Waals surface area contributed by atoms with Crippen LogP contribution in [0.15, 0.2) is 48.4 Å². The van der Waals surface area contributed by atoms with Crippen molar-refractivity contribution in [3.05, 3.63) is 75.4 Å². The molecule has 0 N–H and O–H groups in total. The summed E-state index contributed by atoms with van der Waals surface area (Å²) in [6, 6.07) is 8.96. The third kappa shape index (κ3) is 4.21. The minimum Gasteiger partial charge on any atom is -0.280 e. The number of aryl methyl sites for hydroxylation is 2. The Kier molecular flexibility index (Phi) is 5.95. The van der Waals surface area contributed by atoms with Crippen LogP contribution >= 0.6 is 34.5 Å². The Bertz CT molecular complexity index is 1020. The molecule has 0 spiro atoms. The molecule has 0 saturated carbocycles. The molecule has 2 heterocycles. The molecule has 1 amide bonds. The van der Waals surface area contributed by atoms with Gasteiger partial charge in [-0.25, -0.2) is 4.98 Å². The maximum atomic E-state index is 13.1. The molecule has 3 rings (SSSR count). The van der Waals surface area contributed by atoms with Crippen LogP contribution in [-0.4, -0.2) is 22.4 Å². The van der Waals surface area contributed by atoms with Gasteiger partial charge in [-0.3, -0.25) is 14.7 Å². The van der Waals surface area contributed by atoms with E-state index in [0.29, 0.717) is 33.0 Å². The van der Waals surface area contributed by atoms with Crippen LogP contribution < -0.4 is 4.90 Å². The number of carbonyl (C=O) groups is 1. The lowest BCUT2D eigenvalue weighted by molar-refractivity contribution is 0.0988. The molecule has 1 aromatic carbocycles. The first-order chi connectivity index (χ1) is 12.9. The third-order valence-electron chi connectivity index (χ3n) is 3.95. The van der Waals surface area contributed by atoms with Gasteiger partial charge in [0.15, 0.2) is 5.13 Å². The zero-order valence-electron chi connectivity index (χ0n) is 14.9. The van der Waals surface area contributed by atoms with Gasteiger partial charge in [0.25, 0.3) is 5.91 Å².